The molecule has 11 N–H and O–H groups in total. The van der Waals surface area contributed by atoms with Gasteiger partial charge in [0.05, 0.1) is 18.8 Å². The lowest BCUT2D eigenvalue weighted by atomic mass is 10.1. The first kappa shape index (κ1) is 27.0. The molecule has 15 nitrogen and oxygen atoms in total. The fourth-order valence-electron chi connectivity index (χ4n) is 2.62. The van der Waals surface area contributed by atoms with Crippen LogP contribution in [-0.2, 0) is 35.2 Å². The highest BCUT2D eigenvalue weighted by atomic mass is 16.4. The van der Waals surface area contributed by atoms with Crippen molar-refractivity contribution in [1.82, 2.24) is 25.9 Å². The van der Waals surface area contributed by atoms with Crippen LogP contribution in [0.3, 0.4) is 0 Å². The van der Waals surface area contributed by atoms with Crippen LogP contribution in [0.25, 0.3) is 0 Å². The second kappa shape index (κ2) is 12.7. The Morgan fingerprint density at radius 2 is 1.61 bits per heavy atom. The van der Waals surface area contributed by atoms with Gasteiger partial charge in [-0.3, -0.25) is 28.8 Å². The van der Waals surface area contributed by atoms with E-state index in [1.807, 2.05) is 0 Å². The minimum atomic E-state index is -1.34. The van der Waals surface area contributed by atoms with Crippen molar-refractivity contribution in [3.63, 3.8) is 0 Å². The number of carboxylic acids is 1. The maximum absolute atomic E-state index is 12.9. The van der Waals surface area contributed by atoms with E-state index >= 15 is 0 Å². The number of aliphatic carboxylic acids is 1. The Balaban J connectivity index is 3.02. The Hall–Kier alpha value is -4.01. The molecule has 0 fully saturated rings. The molecule has 1 aromatic heterocycles. The Morgan fingerprint density at radius 1 is 1.00 bits per heavy atom. The summed E-state index contributed by atoms with van der Waals surface area (Å²) in [6, 6.07) is -5.17. The highest BCUT2D eigenvalue weighted by molar-refractivity contribution is 5.95. The molecular weight excluding hydrogens is 440 g/mol. The van der Waals surface area contributed by atoms with Crippen molar-refractivity contribution in [3.8, 4) is 0 Å². The van der Waals surface area contributed by atoms with E-state index in [0.29, 0.717) is 5.69 Å². The Labute approximate surface area is 188 Å². The lowest BCUT2D eigenvalue weighted by molar-refractivity contribution is -0.141. The first-order valence-corrected chi connectivity index (χ1v) is 9.84. The molecule has 0 saturated carbocycles. The number of aromatic amines is 1. The number of imidazole rings is 1. The van der Waals surface area contributed by atoms with Crippen LogP contribution in [-0.4, -0.2) is 74.7 Å². The molecule has 0 spiro atoms. The zero-order valence-corrected chi connectivity index (χ0v) is 17.9. The average molecular weight is 468 g/mol. The Kier molecular flexibility index (Phi) is 10.4. The fourth-order valence-corrected chi connectivity index (χ4v) is 2.62. The smallest absolute Gasteiger partial charge is 0.325 e. The number of carbonyl (C=O) groups excluding carboxylic acids is 5. The SMILES string of the molecule is CC(NC(=O)C(Cc1cnc[nH]1)NC(=O)C(CCC(N)=O)NC(=O)C(N)CC(N)=O)C(=O)O. The van der Waals surface area contributed by atoms with Gasteiger partial charge < -0.3 is 43.2 Å². The summed E-state index contributed by atoms with van der Waals surface area (Å²) < 4.78 is 0. The molecule has 0 bridgehead atoms. The number of nitrogens with zero attached hydrogens (tertiary/aromatic N) is 1. The predicted molar refractivity (Wildman–Crippen MR) is 112 cm³/mol. The minimum absolute atomic E-state index is 0.0818. The van der Waals surface area contributed by atoms with Crippen molar-refractivity contribution in [2.24, 2.45) is 17.2 Å². The number of carbonyl (C=O) groups is 6. The molecule has 33 heavy (non-hydrogen) atoms. The third-order valence-corrected chi connectivity index (χ3v) is 4.41. The second-order valence-corrected chi connectivity index (χ2v) is 7.25. The number of aromatic nitrogens is 2. The molecule has 0 radical (unpaired) electrons. The number of H-pyrrole nitrogens is 1. The third kappa shape index (κ3) is 9.77. The van der Waals surface area contributed by atoms with Crippen LogP contribution in [0, 0.1) is 0 Å². The zero-order valence-electron chi connectivity index (χ0n) is 17.9. The quantitative estimate of drug-likeness (QED) is 0.132. The van der Waals surface area contributed by atoms with Crippen LogP contribution >= 0.6 is 0 Å². The minimum Gasteiger partial charge on any atom is -0.480 e. The zero-order chi connectivity index (χ0) is 25.1. The topological polar surface area (TPSA) is 265 Å². The maximum Gasteiger partial charge on any atom is 0.325 e. The molecule has 1 heterocycles. The third-order valence-electron chi connectivity index (χ3n) is 4.41. The maximum atomic E-state index is 12.9. The summed E-state index contributed by atoms with van der Waals surface area (Å²) in [5.41, 5.74) is 16.2. The van der Waals surface area contributed by atoms with E-state index in [2.05, 4.69) is 25.9 Å². The molecule has 4 unspecified atom stereocenters. The summed E-state index contributed by atoms with van der Waals surface area (Å²) in [4.78, 5) is 77.5. The average Bonchev–Trinajstić information content (AvgIpc) is 3.22. The predicted octanol–water partition coefficient (Wildman–Crippen LogP) is -4.02. The molecule has 1 rings (SSSR count). The summed E-state index contributed by atoms with van der Waals surface area (Å²) >= 11 is 0. The first-order valence-electron chi connectivity index (χ1n) is 9.84. The van der Waals surface area contributed by atoms with Gasteiger partial charge in [0.15, 0.2) is 0 Å². The van der Waals surface area contributed by atoms with Crippen molar-refractivity contribution >= 4 is 35.5 Å². The second-order valence-electron chi connectivity index (χ2n) is 7.25. The van der Waals surface area contributed by atoms with Gasteiger partial charge in [-0.05, 0) is 13.3 Å². The molecule has 182 valence electrons. The summed E-state index contributed by atoms with van der Waals surface area (Å²) in [7, 11) is 0. The monoisotopic (exact) mass is 468 g/mol. The largest absolute Gasteiger partial charge is 0.480 e. The molecule has 0 aromatic carbocycles. The normalized spacial score (nSPS) is 14.2. The first-order chi connectivity index (χ1) is 15.4. The number of hydrogen-bond acceptors (Lipinski definition) is 8. The Morgan fingerprint density at radius 3 is 2.12 bits per heavy atom. The molecule has 0 aliphatic carbocycles. The Bertz CT molecular complexity index is 873. The number of amides is 5. The molecule has 4 atom stereocenters. The molecule has 15 heteroatoms. The number of hydrogen-bond donors (Lipinski definition) is 8. The van der Waals surface area contributed by atoms with Gasteiger partial charge in [0.1, 0.15) is 18.1 Å². The van der Waals surface area contributed by atoms with Gasteiger partial charge in [0.2, 0.25) is 29.5 Å². The summed E-state index contributed by atoms with van der Waals surface area (Å²) in [5, 5.41) is 16.0. The molecule has 0 aliphatic rings. The van der Waals surface area contributed by atoms with E-state index in [1.165, 1.54) is 19.4 Å². The van der Waals surface area contributed by atoms with Gasteiger partial charge in [-0.15, -0.1) is 0 Å². The van der Waals surface area contributed by atoms with E-state index in [9.17, 15) is 28.8 Å². The standard InChI is InChI=1S/C18H28N8O7/c1-8(18(32)33)24-17(31)12(4-9-6-22-7-23-9)26-16(30)11(2-3-13(20)27)25-15(29)10(19)5-14(21)28/h6-8,10-12H,2-5,19H2,1H3,(H2,20,27)(H2,21,28)(H,22,23)(H,24,31)(H,25,29)(H,26,30)(H,32,33). The van der Waals surface area contributed by atoms with Crippen LogP contribution in [0.2, 0.25) is 0 Å². The summed E-state index contributed by atoms with van der Waals surface area (Å²) in [6.07, 6.45) is 1.69. The molecular formula is C18H28N8O7. The fraction of sp³-hybridized carbons (Fsp3) is 0.500. The van der Waals surface area contributed by atoms with Crippen molar-refractivity contribution in [2.75, 3.05) is 0 Å². The van der Waals surface area contributed by atoms with Gasteiger partial charge in [-0.1, -0.05) is 0 Å². The highest BCUT2D eigenvalue weighted by Gasteiger charge is 2.30. The van der Waals surface area contributed by atoms with E-state index in [-0.39, 0.29) is 19.3 Å². The molecule has 0 aliphatic heterocycles. The molecule has 5 amide bonds. The number of nitrogens with one attached hydrogen (secondary N) is 4. The van der Waals surface area contributed by atoms with Crippen molar-refractivity contribution < 1.29 is 33.9 Å². The van der Waals surface area contributed by atoms with Crippen molar-refractivity contribution in [3.05, 3.63) is 18.2 Å². The van der Waals surface area contributed by atoms with Crippen LogP contribution in [0.15, 0.2) is 12.5 Å². The summed E-state index contributed by atoms with van der Waals surface area (Å²) in [6.45, 7) is 1.24. The number of rotatable bonds is 14. The van der Waals surface area contributed by atoms with E-state index in [4.69, 9.17) is 22.3 Å². The van der Waals surface area contributed by atoms with E-state index < -0.39 is 66.1 Å². The van der Waals surface area contributed by atoms with E-state index in [1.54, 1.807) is 0 Å². The lowest BCUT2D eigenvalue weighted by Crippen LogP contribution is -2.57. The molecule has 0 saturated heterocycles. The van der Waals surface area contributed by atoms with Crippen LogP contribution in [0.1, 0.15) is 31.9 Å². The van der Waals surface area contributed by atoms with Gasteiger partial charge in [-0.2, -0.15) is 0 Å². The summed E-state index contributed by atoms with van der Waals surface area (Å²) in [5.74, 6) is -5.42. The van der Waals surface area contributed by atoms with Crippen molar-refractivity contribution in [1.29, 1.82) is 0 Å². The van der Waals surface area contributed by atoms with Gasteiger partial charge in [0, 0.05) is 24.7 Å². The van der Waals surface area contributed by atoms with Gasteiger partial charge in [-0.25, -0.2) is 4.98 Å². The number of carboxylic acid groups (broad SMARTS) is 1. The van der Waals surface area contributed by atoms with Crippen LogP contribution in [0.5, 0.6) is 0 Å². The van der Waals surface area contributed by atoms with Gasteiger partial charge in [0.25, 0.3) is 0 Å². The van der Waals surface area contributed by atoms with Crippen LogP contribution in [0.4, 0.5) is 0 Å². The molecule has 1 aromatic rings. The van der Waals surface area contributed by atoms with Crippen LogP contribution < -0.4 is 33.2 Å². The van der Waals surface area contributed by atoms with E-state index in [0.717, 1.165) is 0 Å². The highest BCUT2D eigenvalue weighted by Crippen LogP contribution is 2.04. The number of nitrogens with two attached hydrogens (primary N) is 3. The number of primary amides is 2. The van der Waals surface area contributed by atoms with Crippen molar-refractivity contribution in [2.45, 2.75) is 56.8 Å². The lowest BCUT2D eigenvalue weighted by Gasteiger charge is -2.24. The van der Waals surface area contributed by atoms with Gasteiger partial charge >= 0.3 is 5.97 Å².